The third-order valence-electron chi connectivity index (χ3n) is 3.52. The van der Waals surface area contributed by atoms with Gasteiger partial charge >= 0.3 is 11.9 Å². The highest BCUT2D eigenvalue weighted by molar-refractivity contribution is 6.27. The average Bonchev–Trinajstić information content (AvgIpc) is 2.66. The summed E-state index contributed by atoms with van der Waals surface area (Å²) in [5.41, 5.74) is 2.13. The molecular formula is C20H24FNO6. The number of hydrogen-bond acceptors (Lipinski definition) is 5. The molecule has 152 valence electrons. The fraction of sp³-hybridized carbons (Fsp3) is 0.300. The molecule has 0 spiro atoms. The van der Waals surface area contributed by atoms with Crippen molar-refractivity contribution in [2.24, 2.45) is 0 Å². The number of carboxylic acids is 2. The van der Waals surface area contributed by atoms with Gasteiger partial charge in [0.25, 0.3) is 0 Å². The summed E-state index contributed by atoms with van der Waals surface area (Å²) in [5, 5.41) is 18.1. The highest BCUT2D eigenvalue weighted by Crippen LogP contribution is 2.27. The van der Waals surface area contributed by atoms with Gasteiger partial charge in [-0.05, 0) is 55.3 Å². The Morgan fingerprint density at radius 1 is 1.04 bits per heavy atom. The van der Waals surface area contributed by atoms with Crippen LogP contribution in [0.2, 0.25) is 0 Å². The van der Waals surface area contributed by atoms with Gasteiger partial charge in [-0.25, -0.2) is 14.0 Å². The number of aliphatic carboxylic acids is 2. The van der Waals surface area contributed by atoms with Crippen molar-refractivity contribution in [1.82, 2.24) is 5.32 Å². The summed E-state index contributed by atoms with van der Waals surface area (Å²) in [5.74, 6) is -2.33. The number of halogens is 1. The first-order valence-corrected chi connectivity index (χ1v) is 8.58. The van der Waals surface area contributed by atoms with Crippen molar-refractivity contribution in [2.75, 3.05) is 20.3 Å². The molecule has 0 bridgehead atoms. The molecule has 0 unspecified atom stereocenters. The van der Waals surface area contributed by atoms with Crippen LogP contribution in [0.4, 0.5) is 4.39 Å². The van der Waals surface area contributed by atoms with Crippen molar-refractivity contribution in [3.63, 3.8) is 0 Å². The van der Waals surface area contributed by atoms with Crippen LogP contribution in [0.15, 0.2) is 42.5 Å². The normalized spacial score (nSPS) is 9.82. The molecule has 0 atom stereocenters. The molecule has 3 N–H and O–H groups in total. The van der Waals surface area contributed by atoms with Gasteiger partial charge in [-0.2, -0.15) is 0 Å². The summed E-state index contributed by atoms with van der Waals surface area (Å²) in [6.45, 7) is 4.08. The van der Waals surface area contributed by atoms with Crippen molar-refractivity contribution in [3.05, 3.63) is 59.4 Å². The molecule has 0 saturated carbocycles. The smallest absolute Gasteiger partial charge is 0.414 e. The lowest BCUT2D eigenvalue weighted by Crippen LogP contribution is -2.16. The highest BCUT2D eigenvalue weighted by Gasteiger charge is 2.05. The Labute approximate surface area is 162 Å². The Morgan fingerprint density at radius 2 is 1.75 bits per heavy atom. The van der Waals surface area contributed by atoms with Gasteiger partial charge in [0.15, 0.2) is 11.5 Å². The number of benzene rings is 2. The lowest BCUT2D eigenvalue weighted by atomic mass is 10.1. The van der Waals surface area contributed by atoms with Crippen LogP contribution in [0.3, 0.4) is 0 Å². The van der Waals surface area contributed by atoms with Gasteiger partial charge in [-0.1, -0.05) is 18.2 Å². The molecule has 0 aromatic heterocycles. The molecule has 7 nitrogen and oxygen atoms in total. The Kier molecular flexibility index (Phi) is 10.1. The Morgan fingerprint density at radius 3 is 2.32 bits per heavy atom. The lowest BCUT2D eigenvalue weighted by Gasteiger charge is -2.11. The molecule has 0 aliphatic heterocycles. The summed E-state index contributed by atoms with van der Waals surface area (Å²) in [4.78, 5) is 18.2. The van der Waals surface area contributed by atoms with Gasteiger partial charge in [-0.15, -0.1) is 0 Å². The van der Waals surface area contributed by atoms with Crippen molar-refractivity contribution in [1.29, 1.82) is 0 Å². The van der Waals surface area contributed by atoms with Crippen LogP contribution in [0, 0.1) is 5.82 Å². The van der Waals surface area contributed by atoms with Crippen LogP contribution in [0.25, 0.3) is 0 Å². The summed E-state index contributed by atoms with van der Waals surface area (Å²) in [7, 11) is 1.63. The molecule has 0 amide bonds. The maximum atomic E-state index is 13.1. The second-order valence-electron chi connectivity index (χ2n) is 5.59. The van der Waals surface area contributed by atoms with Crippen LogP contribution in [0.5, 0.6) is 11.5 Å². The maximum Gasteiger partial charge on any atom is 0.414 e. The van der Waals surface area contributed by atoms with Crippen molar-refractivity contribution in [2.45, 2.75) is 19.9 Å². The van der Waals surface area contributed by atoms with Crippen LogP contribution in [-0.2, 0) is 22.6 Å². The monoisotopic (exact) mass is 393 g/mol. The number of nitrogens with one attached hydrogen (secondary N) is 1. The number of carboxylic acid groups (broad SMARTS) is 2. The van der Waals surface area contributed by atoms with E-state index in [4.69, 9.17) is 29.3 Å². The molecule has 2 rings (SSSR count). The summed E-state index contributed by atoms with van der Waals surface area (Å²) in [6.07, 6.45) is 0.798. The Balaban J connectivity index is 0.000000568. The first-order chi connectivity index (χ1) is 13.4. The Bertz CT molecular complexity index is 769. The van der Waals surface area contributed by atoms with Gasteiger partial charge in [-0.3, -0.25) is 0 Å². The maximum absolute atomic E-state index is 13.1. The fourth-order valence-electron chi connectivity index (χ4n) is 2.26. The second kappa shape index (κ2) is 12.3. The van der Waals surface area contributed by atoms with E-state index in [1.807, 2.05) is 31.2 Å². The molecule has 28 heavy (non-hydrogen) atoms. The zero-order valence-corrected chi connectivity index (χ0v) is 15.8. The van der Waals surface area contributed by atoms with E-state index in [2.05, 4.69) is 5.32 Å². The quantitative estimate of drug-likeness (QED) is 0.468. The number of ether oxygens (including phenoxy) is 2. The standard InChI is InChI=1S/C18H22FNO2.C2H2O4/c1-3-22-18-12-15(7-8-17(18)21-2)13-20-10-9-14-5-4-6-16(19)11-14;3-1(4)2(5)6/h4-8,11-12,20H,3,9-10,13H2,1-2H3;(H,3,4)(H,5,6). The molecule has 0 aliphatic rings. The van der Waals surface area contributed by atoms with E-state index in [-0.39, 0.29) is 5.82 Å². The molecule has 0 aliphatic carbocycles. The minimum atomic E-state index is -1.82. The SMILES string of the molecule is CCOc1cc(CNCCc2cccc(F)c2)ccc1OC.O=C(O)C(=O)O. The first kappa shape index (κ1) is 22.9. The van der Waals surface area contributed by atoms with Crippen molar-refractivity contribution in [3.8, 4) is 11.5 Å². The second-order valence-corrected chi connectivity index (χ2v) is 5.59. The van der Waals surface area contributed by atoms with Gasteiger partial charge in [0.2, 0.25) is 0 Å². The molecule has 2 aromatic carbocycles. The largest absolute Gasteiger partial charge is 0.493 e. The van der Waals surface area contributed by atoms with E-state index in [1.54, 1.807) is 19.2 Å². The topological polar surface area (TPSA) is 105 Å². The van der Waals surface area contributed by atoms with Gasteiger partial charge in [0, 0.05) is 6.54 Å². The highest BCUT2D eigenvalue weighted by atomic mass is 19.1. The first-order valence-electron chi connectivity index (χ1n) is 8.58. The fourth-order valence-corrected chi connectivity index (χ4v) is 2.26. The third-order valence-corrected chi connectivity index (χ3v) is 3.52. The van der Waals surface area contributed by atoms with Crippen LogP contribution >= 0.6 is 0 Å². The summed E-state index contributed by atoms with van der Waals surface area (Å²) >= 11 is 0. The van der Waals surface area contributed by atoms with Gasteiger partial charge < -0.3 is 25.0 Å². The minimum absolute atomic E-state index is 0.186. The zero-order chi connectivity index (χ0) is 20.9. The van der Waals surface area contributed by atoms with Gasteiger partial charge in [0.1, 0.15) is 5.82 Å². The zero-order valence-electron chi connectivity index (χ0n) is 15.8. The van der Waals surface area contributed by atoms with Crippen molar-refractivity contribution < 1.29 is 33.7 Å². The van der Waals surface area contributed by atoms with E-state index in [9.17, 15) is 4.39 Å². The molecule has 0 heterocycles. The predicted molar refractivity (Wildman–Crippen MR) is 101 cm³/mol. The van der Waals surface area contributed by atoms with Crippen LogP contribution in [-0.4, -0.2) is 42.4 Å². The molecule has 0 saturated heterocycles. The number of methoxy groups -OCH3 is 1. The molecule has 2 aromatic rings. The molecule has 0 fully saturated rings. The molecule has 0 radical (unpaired) electrons. The van der Waals surface area contributed by atoms with Crippen LogP contribution in [0.1, 0.15) is 18.1 Å². The predicted octanol–water partition coefficient (Wildman–Crippen LogP) is 2.72. The van der Waals surface area contributed by atoms with E-state index < -0.39 is 11.9 Å². The number of carbonyl (C=O) groups is 2. The molecule has 8 heteroatoms. The van der Waals surface area contributed by atoms with Crippen molar-refractivity contribution >= 4 is 11.9 Å². The number of rotatable bonds is 8. The minimum Gasteiger partial charge on any atom is -0.493 e. The molecular weight excluding hydrogens is 369 g/mol. The van der Waals surface area contributed by atoms with E-state index in [1.165, 1.54) is 6.07 Å². The van der Waals surface area contributed by atoms with Gasteiger partial charge in [0.05, 0.1) is 13.7 Å². The van der Waals surface area contributed by atoms with Crippen LogP contribution < -0.4 is 14.8 Å². The lowest BCUT2D eigenvalue weighted by molar-refractivity contribution is -0.159. The summed E-state index contributed by atoms with van der Waals surface area (Å²) in [6, 6.07) is 12.6. The average molecular weight is 393 g/mol. The number of hydrogen-bond donors (Lipinski definition) is 3. The third kappa shape index (κ3) is 8.50. The summed E-state index contributed by atoms with van der Waals surface area (Å²) < 4.78 is 23.9. The van der Waals surface area contributed by atoms with E-state index in [0.717, 1.165) is 42.1 Å². The Hall–Kier alpha value is -3.13. The van der Waals surface area contributed by atoms with E-state index >= 15 is 0 Å². The van der Waals surface area contributed by atoms with E-state index in [0.29, 0.717) is 6.61 Å².